The molecule has 3 N–H and O–H groups in total. The van der Waals surface area contributed by atoms with Crippen LogP contribution in [-0.2, 0) is 16.2 Å². The fraction of sp³-hybridized carbons (Fsp3) is 0.545. The van der Waals surface area contributed by atoms with E-state index in [0.29, 0.717) is 5.56 Å². The molecule has 0 radical (unpaired) electrons. The Hall–Kier alpha value is -2.40. The van der Waals surface area contributed by atoms with Crippen LogP contribution in [0, 0.1) is 6.92 Å². The predicted molar refractivity (Wildman–Crippen MR) is 125 cm³/mol. The fourth-order valence-electron chi connectivity index (χ4n) is 3.33. The number of rotatable bonds is 5. The van der Waals surface area contributed by atoms with Crippen molar-refractivity contribution < 1.29 is 21.6 Å². The number of likely N-dealkylation sites (tertiary alicyclic amines) is 1. The highest BCUT2D eigenvalue weighted by Crippen LogP contribution is 2.36. The quantitative estimate of drug-likeness (QED) is 0.634. The van der Waals surface area contributed by atoms with E-state index in [2.05, 4.69) is 26.7 Å². The van der Waals surface area contributed by atoms with E-state index in [0.717, 1.165) is 18.2 Å². The number of halogens is 3. The normalized spacial score (nSPS) is 15.2. The number of nitrogens with zero attached hydrogens (tertiary/aromatic N) is 3. The monoisotopic (exact) mass is 487 g/mol. The first-order valence-electron chi connectivity index (χ1n) is 10.9. The largest absolute Gasteiger partial charge is 0.416 e. The second-order valence-electron chi connectivity index (χ2n) is 8.25. The first-order chi connectivity index (χ1) is 15.3. The Morgan fingerprint density at radius 3 is 2.24 bits per heavy atom. The van der Waals surface area contributed by atoms with Gasteiger partial charge in [-0.15, -0.1) is 10.2 Å². The number of nitrogens with one attached hydrogen (secondary N) is 1. The molecule has 184 valence electrons. The Labute approximate surface area is 193 Å². The van der Waals surface area contributed by atoms with Crippen molar-refractivity contribution in [3.8, 4) is 11.3 Å². The first kappa shape index (κ1) is 26.8. The van der Waals surface area contributed by atoms with Crippen molar-refractivity contribution in [2.24, 2.45) is 0 Å². The molecule has 1 saturated heterocycles. The minimum absolute atomic E-state index is 0.150. The summed E-state index contributed by atoms with van der Waals surface area (Å²) in [6.07, 6.45) is -0.309. The molecule has 0 atom stereocenters. The topological polar surface area (TPSA) is 101 Å². The number of hydrogen-bond acceptors (Lipinski definition) is 6. The zero-order chi connectivity index (χ0) is 24.8. The highest BCUT2D eigenvalue weighted by Gasteiger charge is 2.32. The molecule has 1 aliphatic heterocycles. The molecule has 0 spiro atoms. The van der Waals surface area contributed by atoms with E-state index in [1.807, 2.05) is 0 Å². The molecule has 3 rings (SSSR count). The van der Waals surface area contributed by atoms with Crippen molar-refractivity contribution in [2.75, 3.05) is 30.1 Å². The molecular formula is C22H32F3N5O2S. The first-order valence-corrected chi connectivity index (χ1v) is 12.4. The third-order valence-electron chi connectivity index (χ3n) is 5.37. The van der Waals surface area contributed by atoms with Crippen molar-refractivity contribution in [1.82, 2.24) is 15.1 Å². The molecule has 0 saturated carbocycles. The summed E-state index contributed by atoms with van der Waals surface area (Å²) in [4.78, 5) is 2.52. The molecule has 11 heteroatoms. The van der Waals surface area contributed by atoms with Gasteiger partial charge in [-0.2, -0.15) is 13.2 Å². The zero-order valence-corrected chi connectivity index (χ0v) is 20.2. The Bertz CT molecular complexity index is 1040. The van der Waals surface area contributed by atoms with Crippen LogP contribution < -0.4 is 10.5 Å². The number of piperidine rings is 1. The van der Waals surface area contributed by atoms with Crippen molar-refractivity contribution in [3.05, 3.63) is 35.4 Å². The van der Waals surface area contributed by atoms with Crippen molar-refractivity contribution in [3.63, 3.8) is 0 Å². The van der Waals surface area contributed by atoms with Crippen molar-refractivity contribution >= 4 is 21.5 Å². The minimum atomic E-state index is -4.61. The average molecular weight is 488 g/mol. The van der Waals surface area contributed by atoms with Crippen LogP contribution in [0.2, 0.25) is 0 Å². The number of nitrogens with two attached hydrogens (primary N) is 1. The van der Waals surface area contributed by atoms with Crippen LogP contribution in [0.15, 0.2) is 24.3 Å². The Morgan fingerprint density at radius 2 is 1.76 bits per heavy atom. The Morgan fingerprint density at radius 1 is 1.12 bits per heavy atom. The number of sulfonamides is 1. The van der Waals surface area contributed by atoms with Crippen LogP contribution in [0.25, 0.3) is 11.3 Å². The van der Waals surface area contributed by atoms with Crippen LogP contribution >= 0.6 is 0 Å². The number of aryl methyl sites for hydroxylation is 1. The number of anilines is 2. The van der Waals surface area contributed by atoms with Gasteiger partial charge in [0.25, 0.3) is 0 Å². The molecule has 1 aromatic carbocycles. The highest BCUT2D eigenvalue weighted by molar-refractivity contribution is 7.93. The molecule has 2 heterocycles. The second kappa shape index (κ2) is 11.1. The van der Waals surface area contributed by atoms with Crippen LogP contribution in [-0.4, -0.2) is 48.4 Å². The summed E-state index contributed by atoms with van der Waals surface area (Å²) in [6.45, 7) is 10.7. The van der Waals surface area contributed by atoms with Crippen LogP contribution in [0.1, 0.15) is 51.2 Å². The number of aromatic nitrogens is 2. The molecule has 0 amide bonds. The minimum Gasteiger partial charge on any atom is -0.382 e. The van der Waals surface area contributed by atoms with E-state index < -0.39 is 27.0 Å². The summed E-state index contributed by atoms with van der Waals surface area (Å²) < 4.78 is 65.5. The summed E-state index contributed by atoms with van der Waals surface area (Å²) in [5, 5.41) is 6.75. The van der Waals surface area contributed by atoms with Crippen molar-refractivity contribution in [1.29, 1.82) is 0 Å². The average Bonchev–Trinajstić information content (AvgIpc) is 2.74. The number of hydrogen-bond donors (Lipinski definition) is 2. The standard InChI is InChI=1S/C15H17F3N4O2S.C7H15N/c1-8(2)25(23,24)22-12-7-10(15(16,17)18)4-5-11(12)14-9(3)6-13(19)20-21-14;1-2-8-6-4-3-5-7-8/h4-8,22H,1-3H3,(H2,19,20);2-7H2,1H3. The van der Waals surface area contributed by atoms with Gasteiger partial charge < -0.3 is 10.6 Å². The lowest BCUT2D eigenvalue weighted by molar-refractivity contribution is -0.137. The van der Waals surface area contributed by atoms with E-state index >= 15 is 0 Å². The molecule has 2 aromatic rings. The molecule has 0 aliphatic carbocycles. The lowest BCUT2D eigenvalue weighted by Gasteiger charge is -2.24. The number of nitrogen functional groups attached to an aromatic ring is 1. The van der Waals surface area contributed by atoms with Gasteiger partial charge in [0.1, 0.15) is 5.82 Å². The summed E-state index contributed by atoms with van der Waals surface area (Å²) in [5.74, 6) is 0.150. The molecule has 0 bridgehead atoms. The van der Waals surface area contributed by atoms with Gasteiger partial charge in [0.2, 0.25) is 10.0 Å². The van der Waals surface area contributed by atoms with E-state index in [1.54, 1.807) is 6.92 Å². The molecule has 1 aromatic heterocycles. The zero-order valence-electron chi connectivity index (χ0n) is 19.4. The van der Waals surface area contributed by atoms with Crippen molar-refractivity contribution in [2.45, 2.75) is 58.4 Å². The van der Waals surface area contributed by atoms with Gasteiger partial charge in [0, 0.05) is 5.56 Å². The maximum absolute atomic E-state index is 13.0. The lowest BCUT2D eigenvalue weighted by atomic mass is 10.0. The summed E-state index contributed by atoms with van der Waals surface area (Å²) >= 11 is 0. The highest BCUT2D eigenvalue weighted by atomic mass is 32.2. The smallest absolute Gasteiger partial charge is 0.382 e. The van der Waals surface area contributed by atoms with E-state index in [9.17, 15) is 21.6 Å². The van der Waals surface area contributed by atoms with Gasteiger partial charge in [0.15, 0.2) is 0 Å². The predicted octanol–water partition coefficient (Wildman–Crippen LogP) is 4.70. The van der Waals surface area contributed by atoms with Crippen LogP contribution in [0.5, 0.6) is 0 Å². The second-order valence-corrected chi connectivity index (χ2v) is 10.5. The SMILES string of the molecule is CCN1CCCCC1.Cc1cc(N)nnc1-c1ccc(C(F)(F)F)cc1NS(=O)(=O)C(C)C. The maximum atomic E-state index is 13.0. The fourth-order valence-corrected chi connectivity index (χ4v) is 4.04. The van der Waals surface area contributed by atoms with Gasteiger partial charge in [0.05, 0.1) is 22.2 Å². The van der Waals surface area contributed by atoms with E-state index in [-0.39, 0.29) is 22.8 Å². The van der Waals surface area contributed by atoms with Gasteiger partial charge in [-0.05, 0) is 77.0 Å². The molecule has 7 nitrogen and oxygen atoms in total. The van der Waals surface area contributed by atoms with E-state index in [1.165, 1.54) is 58.8 Å². The van der Waals surface area contributed by atoms with Gasteiger partial charge >= 0.3 is 6.18 Å². The van der Waals surface area contributed by atoms with Gasteiger partial charge in [-0.3, -0.25) is 4.72 Å². The van der Waals surface area contributed by atoms with E-state index in [4.69, 9.17) is 5.73 Å². The Kier molecular flexibility index (Phi) is 9.07. The third kappa shape index (κ3) is 7.56. The molecule has 0 unspecified atom stereocenters. The maximum Gasteiger partial charge on any atom is 0.416 e. The number of benzene rings is 1. The summed E-state index contributed by atoms with van der Waals surface area (Å²) in [6, 6.07) is 4.27. The summed E-state index contributed by atoms with van der Waals surface area (Å²) in [7, 11) is -3.86. The molecule has 1 fully saturated rings. The number of alkyl halides is 3. The lowest BCUT2D eigenvalue weighted by Crippen LogP contribution is -2.29. The molecule has 33 heavy (non-hydrogen) atoms. The molecular weight excluding hydrogens is 455 g/mol. The third-order valence-corrected chi connectivity index (χ3v) is 7.12. The van der Waals surface area contributed by atoms with Crippen LogP contribution in [0.3, 0.4) is 0 Å². The molecule has 1 aliphatic rings. The van der Waals surface area contributed by atoms with Crippen LogP contribution in [0.4, 0.5) is 24.7 Å². The van der Waals surface area contributed by atoms with Gasteiger partial charge in [-0.1, -0.05) is 19.4 Å². The van der Waals surface area contributed by atoms with Gasteiger partial charge in [-0.25, -0.2) is 8.42 Å². The summed E-state index contributed by atoms with van der Waals surface area (Å²) in [5.41, 5.74) is 5.32. The Balaban J connectivity index is 0.000000405.